The Morgan fingerprint density at radius 3 is 1.74 bits per heavy atom. The molecule has 12 nitrogen and oxygen atoms in total. The number of ether oxygens (including phenoxy) is 1. The van der Waals surface area contributed by atoms with E-state index in [0.717, 1.165) is 10.6 Å². The van der Waals surface area contributed by atoms with E-state index in [-0.39, 0.29) is 31.0 Å². The van der Waals surface area contributed by atoms with Crippen molar-refractivity contribution in [1.82, 2.24) is 10.2 Å². The number of halogens is 4. The molecule has 4 rings (SSSR count). The number of amides is 1. The number of anilines is 2. The Hall–Kier alpha value is -4.21. The van der Waals surface area contributed by atoms with Crippen LogP contribution in [0.5, 0.6) is 0 Å². The van der Waals surface area contributed by atoms with Crippen LogP contribution < -0.4 is 15.1 Å². The molecule has 2 unspecified atom stereocenters. The van der Waals surface area contributed by atoms with Crippen LogP contribution in [0.3, 0.4) is 0 Å². The van der Waals surface area contributed by atoms with Crippen LogP contribution in [0.15, 0.2) is 48.5 Å². The van der Waals surface area contributed by atoms with Crippen molar-refractivity contribution in [2.75, 3.05) is 49.1 Å². The Kier molecular flexibility index (Phi) is 11.1. The number of benzene rings is 2. The topological polar surface area (TPSA) is 134 Å². The van der Waals surface area contributed by atoms with Crippen LogP contribution in [0.4, 0.5) is 45.1 Å². The maximum Gasteiger partial charge on any atom is 0.410 e. The lowest BCUT2D eigenvalue weighted by Crippen LogP contribution is -2.58. The minimum absolute atomic E-state index is 0.000654. The standard InChI is InChI=1S/C16H21F2N3O4.C11H13F2N3O2/c1-16(2,3)25-15(22)20-9-8-19(10-13(20)14(17)18)11-4-6-12(7-5-11)21(23)24;12-11(13)10-7-15(6-5-14-10)8-1-3-9(4-2-8)16(17)18/h4-7,13-14H,8-10H2,1-3H3;1-4,10-11,14H,5-7H2. The second kappa shape index (κ2) is 14.3. The second-order valence-corrected chi connectivity index (χ2v) is 10.9. The third kappa shape index (κ3) is 9.39. The van der Waals surface area contributed by atoms with Gasteiger partial charge in [0.15, 0.2) is 0 Å². The number of alkyl halides is 4. The number of nitrogens with one attached hydrogen (secondary N) is 1. The lowest BCUT2D eigenvalue weighted by atomic mass is 10.1. The summed E-state index contributed by atoms with van der Waals surface area (Å²) in [6.07, 6.45) is -5.90. The molecule has 2 aliphatic rings. The van der Waals surface area contributed by atoms with Gasteiger partial charge < -0.3 is 19.9 Å². The van der Waals surface area contributed by atoms with Crippen LogP contribution in [0.1, 0.15) is 20.8 Å². The van der Waals surface area contributed by atoms with Crippen molar-refractivity contribution in [2.45, 2.75) is 51.3 Å². The van der Waals surface area contributed by atoms with E-state index in [1.54, 1.807) is 42.7 Å². The highest BCUT2D eigenvalue weighted by atomic mass is 19.3. The molecule has 1 N–H and O–H groups in total. The van der Waals surface area contributed by atoms with Gasteiger partial charge in [-0.1, -0.05) is 0 Å². The lowest BCUT2D eigenvalue weighted by Gasteiger charge is -2.42. The Bertz CT molecular complexity index is 1250. The van der Waals surface area contributed by atoms with Crippen molar-refractivity contribution in [3.63, 3.8) is 0 Å². The fraction of sp³-hybridized carbons (Fsp3) is 0.519. The number of carbonyl (C=O) groups is 1. The third-order valence-corrected chi connectivity index (χ3v) is 6.70. The smallest absolute Gasteiger partial charge is 0.410 e. The predicted molar refractivity (Wildman–Crippen MR) is 151 cm³/mol. The molecule has 1 amide bonds. The molecular formula is C27H34F4N6O6. The first-order valence-electron chi connectivity index (χ1n) is 13.4. The van der Waals surface area contributed by atoms with Crippen molar-refractivity contribution in [2.24, 2.45) is 0 Å². The fourth-order valence-electron chi connectivity index (χ4n) is 4.56. The van der Waals surface area contributed by atoms with Gasteiger partial charge in [0.25, 0.3) is 24.2 Å². The van der Waals surface area contributed by atoms with E-state index in [9.17, 15) is 42.6 Å². The molecule has 0 aliphatic carbocycles. The molecule has 2 heterocycles. The van der Waals surface area contributed by atoms with Gasteiger partial charge >= 0.3 is 6.09 Å². The summed E-state index contributed by atoms with van der Waals surface area (Å²) in [5.41, 5.74) is 0.493. The average molecular weight is 615 g/mol. The van der Waals surface area contributed by atoms with E-state index < -0.39 is 46.5 Å². The number of rotatable bonds is 6. The molecule has 0 radical (unpaired) electrons. The first kappa shape index (κ1) is 33.3. The normalized spacial score (nSPS) is 19.1. The Morgan fingerprint density at radius 1 is 0.837 bits per heavy atom. The molecule has 236 valence electrons. The number of nitro groups is 2. The Morgan fingerprint density at radius 2 is 1.33 bits per heavy atom. The Labute approximate surface area is 245 Å². The molecule has 2 atom stereocenters. The molecule has 2 aromatic carbocycles. The molecule has 2 aliphatic heterocycles. The summed E-state index contributed by atoms with van der Waals surface area (Å²) in [4.78, 5) is 36.9. The summed E-state index contributed by atoms with van der Waals surface area (Å²) in [6, 6.07) is 9.47. The number of nitrogens with zero attached hydrogens (tertiary/aromatic N) is 5. The molecule has 2 fully saturated rings. The van der Waals surface area contributed by atoms with Crippen LogP contribution in [0.25, 0.3) is 0 Å². The predicted octanol–water partition coefficient (Wildman–Crippen LogP) is 4.92. The number of hydrogen-bond donors (Lipinski definition) is 1. The van der Waals surface area contributed by atoms with Crippen molar-refractivity contribution in [3.05, 3.63) is 68.8 Å². The SMILES string of the molecule is CC(C)(C)OC(=O)N1CCN(c2ccc([N+](=O)[O-])cc2)CC1C(F)F.O=[N+]([O-])c1ccc(N2CCNC(C(F)F)C2)cc1. The van der Waals surface area contributed by atoms with Crippen LogP contribution in [0, 0.1) is 20.2 Å². The summed E-state index contributed by atoms with van der Waals surface area (Å²) in [7, 11) is 0. The minimum atomic E-state index is -2.73. The number of nitro benzene ring substituents is 2. The van der Waals surface area contributed by atoms with Gasteiger partial charge in [0.1, 0.15) is 11.6 Å². The maximum absolute atomic E-state index is 13.5. The molecular weight excluding hydrogens is 580 g/mol. The number of non-ortho nitro benzene ring substituents is 2. The molecule has 43 heavy (non-hydrogen) atoms. The summed E-state index contributed by atoms with van der Waals surface area (Å²) >= 11 is 0. The zero-order chi connectivity index (χ0) is 31.9. The highest BCUT2D eigenvalue weighted by molar-refractivity contribution is 5.69. The third-order valence-electron chi connectivity index (χ3n) is 6.70. The van der Waals surface area contributed by atoms with Gasteiger partial charge in [-0.3, -0.25) is 25.1 Å². The van der Waals surface area contributed by atoms with E-state index in [2.05, 4.69) is 5.32 Å². The quantitative estimate of drug-likeness (QED) is 0.273. The summed E-state index contributed by atoms with van der Waals surface area (Å²) in [6.45, 7) is 6.67. The number of carbonyl (C=O) groups excluding carboxylic acids is 1. The first-order valence-corrected chi connectivity index (χ1v) is 13.4. The molecule has 0 aromatic heterocycles. The van der Waals surface area contributed by atoms with Gasteiger partial charge in [0, 0.05) is 74.9 Å². The molecule has 0 bridgehead atoms. The van der Waals surface area contributed by atoms with Crippen molar-refractivity contribution in [3.8, 4) is 0 Å². The van der Waals surface area contributed by atoms with E-state index in [1.807, 2.05) is 0 Å². The van der Waals surface area contributed by atoms with Crippen molar-refractivity contribution >= 4 is 28.8 Å². The molecule has 0 spiro atoms. The van der Waals surface area contributed by atoms with Gasteiger partial charge in [-0.15, -0.1) is 0 Å². The second-order valence-electron chi connectivity index (χ2n) is 10.9. The van der Waals surface area contributed by atoms with Gasteiger partial charge in [0.05, 0.1) is 15.9 Å². The van der Waals surface area contributed by atoms with E-state index in [1.165, 1.54) is 36.4 Å². The van der Waals surface area contributed by atoms with Crippen LogP contribution in [0.2, 0.25) is 0 Å². The minimum Gasteiger partial charge on any atom is -0.444 e. The summed E-state index contributed by atoms with van der Waals surface area (Å²) in [5.74, 6) is 0. The molecule has 2 aromatic rings. The summed E-state index contributed by atoms with van der Waals surface area (Å²) < 4.78 is 57.3. The van der Waals surface area contributed by atoms with Crippen molar-refractivity contribution < 1.29 is 36.9 Å². The highest BCUT2D eigenvalue weighted by Gasteiger charge is 2.38. The van der Waals surface area contributed by atoms with Gasteiger partial charge in [-0.05, 0) is 45.0 Å². The van der Waals surface area contributed by atoms with E-state index >= 15 is 0 Å². The monoisotopic (exact) mass is 614 g/mol. The number of piperazine rings is 2. The summed E-state index contributed by atoms with van der Waals surface area (Å²) in [5, 5.41) is 24.0. The lowest BCUT2D eigenvalue weighted by molar-refractivity contribution is -0.385. The number of hydrogen-bond acceptors (Lipinski definition) is 9. The van der Waals surface area contributed by atoms with Crippen molar-refractivity contribution in [1.29, 1.82) is 0 Å². The van der Waals surface area contributed by atoms with Gasteiger partial charge in [-0.25, -0.2) is 22.4 Å². The van der Waals surface area contributed by atoms with E-state index in [0.29, 0.717) is 25.3 Å². The Balaban J connectivity index is 0.000000248. The highest BCUT2D eigenvalue weighted by Crippen LogP contribution is 2.26. The average Bonchev–Trinajstić information content (AvgIpc) is 2.96. The fourth-order valence-corrected chi connectivity index (χ4v) is 4.56. The molecule has 16 heteroatoms. The van der Waals surface area contributed by atoms with Crippen LogP contribution in [-0.4, -0.2) is 90.6 Å². The van der Waals surface area contributed by atoms with E-state index in [4.69, 9.17) is 4.74 Å². The molecule has 0 saturated carbocycles. The first-order chi connectivity index (χ1) is 20.2. The van der Waals surface area contributed by atoms with Crippen LogP contribution in [-0.2, 0) is 4.74 Å². The maximum atomic E-state index is 13.5. The molecule has 2 saturated heterocycles. The van der Waals surface area contributed by atoms with Gasteiger partial charge in [0.2, 0.25) is 0 Å². The van der Waals surface area contributed by atoms with Gasteiger partial charge in [-0.2, -0.15) is 0 Å². The van der Waals surface area contributed by atoms with Crippen LogP contribution >= 0.6 is 0 Å². The largest absolute Gasteiger partial charge is 0.444 e. The zero-order valence-corrected chi connectivity index (χ0v) is 23.9. The zero-order valence-electron chi connectivity index (χ0n) is 23.9.